The van der Waals surface area contributed by atoms with E-state index in [-0.39, 0.29) is 42.3 Å². The summed E-state index contributed by atoms with van der Waals surface area (Å²) < 4.78 is 6.02. The third-order valence-electron chi connectivity index (χ3n) is 8.29. The molecule has 0 bridgehead atoms. The summed E-state index contributed by atoms with van der Waals surface area (Å²) in [6, 6.07) is -0.674. The van der Waals surface area contributed by atoms with Gasteiger partial charge in [-0.2, -0.15) is 0 Å². The van der Waals surface area contributed by atoms with Crippen LogP contribution < -0.4 is 5.32 Å². The van der Waals surface area contributed by atoms with Crippen LogP contribution in [0.2, 0.25) is 0 Å². The lowest BCUT2D eigenvalue weighted by molar-refractivity contribution is -0.181. The Morgan fingerprint density at radius 2 is 1.45 bits per heavy atom. The Bertz CT molecular complexity index is 779. The van der Waals surface area contributed by atoms with Crippen LogP contribution in [0.15, 0.2) is 0 Å². The van der Waals surface area contributed by atoms with Gasteiger partial charge in [-0.05, 0) is 47.3 Å². The van der Waals surface area contributed by atoms with Crippen LogP contribution in [0.5, 0.6) is 0 Å². The van der Waals surface area contributed by atoms with Gasteiger partial charge >= 0.3 is 0 Å². The molecule has 1 aliphatic carbocycles. The first kappa shape index (κ1) is 37.6. The van der Waals surface area contributed by atoms with Crippen molar-refractivity contribution in [3.63, 3.8) is 0 Å². The van der Waals surface area contributed by atoms with Gasteiger partial charge in [0.1, 0.15) is 12.2 Å². The average Bonchev–Trinajstić information content (AvgIpc) is 2.77. The van der Waals surface area contributed by atoms with Crippen LogP contribution in [0.3, 0.4) is 0 Å². The zero-order chi connectivity index (χ0) is 31.3. The van der Waals surface area contributed by atoms with Crippen molar-refractivity contribution in [3.8, 4) is 0 Å². The molecular formula is C31H61NO7S. The third kappa shape index (κ3) is 12.1. The molecule has 0 amide bonds. The van der Waals surface area contributed by atoms with Gasteiger partial charge in [0.2, 0.25) is 0 Å². The highest BCUT2D eigenvalue weighted by atomic mass is 32.1. The molecule has 7 N–H and O–H groups in total. The summed E-state index contributed by atoms with van der Waals surface area (Å²) in [5, 5.41) is 66.6. The van der Waals surface area contributed by atoms with Gasteiger partial charge in [-0.15, -0.1) is 0 Å². The van der Waals surface area contributed by atoms with Crippen molar-refractivity contribution in [2.75, 3.05) is 13.2 Å². The van der Waals surface area contributed by atoms with Crippen LogP contribution >= 0.6 is 12.2 Å². The van der Waals surface area contributed by atoms with Crippen LogP contribution in [-0.4, -0.2) is 91.5 Å². The molecule has 1 saturated carbocycles. The maximum atomic E-state index is 11.4. The summed E-state index contributed by atoms with van der Waals surface area (Å²) in [5.41, 5.74) is -0.355. The summed E-state index contributed by atoms with van der Waals surface area (Å²) in [6.07, 6.45) is -3.29. The average molecular weight is 592 g/mol. The standard InChI is InChI=1S/C31H61NO7S/c1-11-31(10,18-29(5,6)7)23(35)13-21(34)20(32-24(40)14-30(8,9)17-28(2,3)4)16-39-22-12-19(15-33)25(36)27(38)26(22)37/h19-23,25-27,33-38H,11-18H2,1-10H3,(H,32,40). The van der Waals surface area contributed by atoms with E-state index in [2.05, 4.69) is 60.7 Å². The summed E-state index contributed by atoms with van der Waals surface area (Å²) in [5.74, 6) is -0.636. The molecule has 1 aliphatic rings. The third-order valence-corrected chi connectivity index (χ3v) is 8.56. The van der Waals surface area contributed by atoms with Gasteiger partial charge < -0.3 is 40.7 Å². The Labute approximate surface area is 248 Å². The molecule has 1 fully saturated rings. The van der Waals surface area contributed by atoms with Crippen LogP contribution in [0.4, 0.5) is 0 Å². The summed E-state index contributed by atoms with van der Waals surface area (Å²) in [6.45, 7) is 21.0. The molecule has 0 spiro atoms. The summed E-state index contributed by atoms with van der Waals surface area (Å²) in [4.78, 5) is 0.581. The highest BCUT2D eigenvalue weighted by Gasteiger charge is 2.44. The topological polar surface area (TPSA) is 143 Å². The van der Waals surface area contributed by atoms with E-state index in [1.54, 1.807) is 0 Å². The first-order valence-corrected chi connectivity index (χ1v) is 15.4. The highest BCUT2D eigenvalue weighted by Crippen LogP contribution is 2.41. The molecule has 0 aromatic carbocycles. The van der Waals surface area contributed by atoms with Gasteiger partial charge in [0.25, 0.3) is 0 Å². The van der Waals surface area contributed by atoms with Crippen molar-refractivity contribution in [2.24, 2.45) is 27.6 Å². The lowest BCUT2D eigenvalue weighted by Gasteiger charge is -2.42. The minimum absolute atomic E-state index is 0.00340. The van der Waals surface area contributed by atoms with Crippen LogP contribution in [0, 0.1) is 27.6 Å². The van der Waals surface area contributed by atoms with E-state index in [1.165, 1.54) is 0 Å². The molecule has 1 rings (SSSR count). The highest BCUT2D eigenvalue weighted by molar-refractivity contribution is 7.80. The molecule has 0 aliphatic heterocycles. The van der Waals surface area contributed by atoms with E-state index in [0.29, 0.717) is 11.4 Å². The Kier molecular flexibility index (Phi) is 14.0. The first-order valence-electron chi connectivity index (χ1n) is 15.0. The van der Waals surface area contributed by atoms with Gasteiger partial charge in [0.05, 0.1) is 42.1 Å². The number of aliphatic hydroxyl groups excluding tert-OH is 6. The van der Waals surface area contributed by atoms with E-state index in [9.17, 15) is 30.6 Å². The van der Waals surface area contributed by atoms with Crippen LogP contribution in [-0.2, 0) is 4.74 Å². The number of thiocarbonyl (C=S) groups is 1. The van der Waals surface area contributed by atoms with Gasteiger partial charge in [0, 0.05) is 25.4 Å². The molecule has 8 nitrogen and oxygen atoms in total. The molecule has 0 heterocycles. The largest absolute Gasteiger partial charge is 0.396 e. The van der Waals surface area contributed by atoms with Crippen molar-refractivity contribution in [1.29, 1.82) is 0 Å². The zero-order valence-electron chi connectivity index (χ0n) is 26.8. The van der Waals surface area contributed by atoms with Crippen molar-refractivity contribution in [2.45, 2.75) is 150 Å². The van der Waals surface area contributed by atoms with E-state index < -0.39 is 54.0 Å². The van der Waals surface area contributed by atoms with Crippen molar-refractivity contribution in [1.82, 2.24) is 5.32 Å². The van der Waals surface area contributed by atoms with Gasteiger partial charge in [-0.3, -0.25) is 0 Å². The Morgan fingerprint density at radius 1 is 0.900 bits per heavy atom. The number of ether oxygens (including phenoxy) is 1. The molecule has 0 saturated heterocycles. The minimum Gasteiger partial charge on any atom is -0.396 e. The quantitative estimate of drug-likeness (QED) is 0.151. The van der Waals surface area contributed by atoms with E-state index in [1.807, 2.05) is 13.8 Å². The van der Waals surface area contributed by atoms with Crippen LogP contribution in [0.25, 0.3) is 0 Å². The second kappa shape index (κ2) is 14.9. The Hall–Kier alpha value is -0.390. The van der Waals surface area contributed by atoms with E-state index in [0.717, 1.165) is 19.3 Å². The molecule has 0 aromatic heterocycles. The van der Waals surface area contributed by atoms with Crippen molar-refractivity contribution in [3.05, 3.63) is 0 Å². The zero-order valence-corrected chi connectivity index (χ0v) is 27.6. The fourth-order valence-corrected chi connectivity index (χ4v) is 7.20. The molecule has 9 atom stereocenters. The van der Waals surface area contributed by atoms with Gasteiger partial charge in [-0.1, -0.05) is 81.5 Å². The van der Waals surface area contributed by atoms with Gasteiger partial charge in [-0.25, -0.2) is 0 Å². The number of nitrogens with one attached hydrogen (secondary N) is 1. The number of hydrogen-bond acceptors (Lipinski definition) is 8. The molecular weight excluding hydrogens is 530 g/mol. The number of aliphatic hydroxyl groups is 6. The lowest BCUT2D eigenvalue weighted by atomic mass is 9.69. The maximum Gasteiger partial charge on any atom is 0.109 e. The smallest absolute Gasteiger partial charge is 0.109 e. The lowest BCUT2D eigenvalue weighted by Crippen LogP contribution is -2.56. The van der Waals surface area contributed by atoms with Gasteiger partial charge in [0.15, 0.2) is 0 Å². The summed E-state index contributed by atoms with van der Waals surface area (Å²) in [7, 11) is 0. The molecule has 40 heavy (non-hydrogen) atoms. The SMILES string of the molecule is CCC(C)(CC(C)(C)C)C(O)CC(O)C(COC1CC(CO)C(O)C(O)C1O)NC(=S)CC(C)(C)CC(C)(C)C. The molecule has 9 unspecified atom stereocenters. The van der Waals surface area contributed by atoms with Crippen molar-refractivity contribution < 1.29 is 35.4 Å². The summed E-state index contributed by atoms with van der Waals surface area (Å²) >= 11 is 5.74. The number of rotatable bonds is 14. The Balaban J connectivity index is 3.11. The second-order valence-corrected chi connectivity index (χ2v) is 16.3. The molecule has 0 aromatic rings. The predicted molar refractivity (Wildman–Crippen MR) is 164 cm³/mol. The first-order chi connectivity index (χ1) is 18.0. The maximum absolute atomic E-state index is 11.4. The number of hydrogen-bond donors (Lipinski definition) is 7. The normalized spacial score (nSPS) is 28.4. The van der Waals surface area contributed by atoms with Crippen LogP contribution in [0.1, 0.15) is 108 Å². The molecule has 238 valence electrons. The Morgan fingerprint density at radius 3 is 1.93 bits per heavy atom. The fraction of sp³-hybridized carbons (Fsp3) is 0.968. The molecule has 0 radical (unpaired) electrons. The second-order valence-electron chi connectivity index (χ2n) is 15.8. The monoisotopic (exact) mass is 591 g/mol. The molecule has 9 heteroatoms. The van der Waals surface area contributed by atoms with E-state index >= 15 is 0 Å². The van der Waals surface area contributed by atoms with Crippen molar-refractivity contribution >= 4 is 17.2 Å². The minimum atomic E-state index is -1.45. The predicted octanol–water partition coefficient (Wildman–Crippen LogP) is 3.57. The fourth-order valence-electron chi connectivity index (χ4n) is 6.66. The van der Waals surface area contributed by atoms with E-state index in [4.69, 9.17) is 17.0 Å².